The molecule has 30 heavy (non-hydrogen) atoms. The van der Waals surface area contributed by atoms with E-state index in [2.05, 4.69) is 15.0 Å². The molecule has 0 bridgehead atoms. The lowest BCUT2D eigenvalue weighted by Crippen LogP contribution is -2.15. The van der Waals surface area contributed by atoms with Crippen LogP contribution in [0.4, 0.5) is 5.69 Å². The Morgan fingerprint density at radius 2 is 1.83 bits per heavy atom. The highest BCUT2D eigenvalue weighted by Gasteiger charge is 2.12. The zero-order valence-electron chi connectivity index (χ0n) is 16.8. The number of ether oxygens (including phenoxy) is 1. The Morgan fingerprint density at radius 3 is 2.47 bits per heavy atom. The summed E-state index contributed by atoms with van der Waals surface area (Å²) in [6.45, 7) is 2.48. The van der Waals surface area contributed by atoms with Crippen LogP contribution in [0.25, 0.3) is 0 Å². The number of carbonyl (C=O) groups is 2. The van der Waals surface area contributed by atoms with Gasteiger partial charge in [0.25, 0.3) is 0 Å². The van der Waals surface area contributed by atoms with Gasteiger partial charge < -0.3 is 19.7 Å². The van der Waals surface area contributed by atoms with E-state index in [0.717, 1.165) is 5.56 Å². The molecule has 1 aromatic heterocycles. The molecule has 0 fully saturated rings. The number of esters is 1. The zero-order chi connectivity index (χ0) is 21.5. The molecule has 0 saturated heterocycles. The van der Waals surface area contributed by atoms with Crippen LogP contribution in [-0.4, -0.2) is 39.4 Å². The SMILES string of the molecule is COC(=O)c1ccc(NC(=O)CSc2nc(CO)cn2Cc2ccc(C)cc2)cc1. The van der Waals surface area contributed by atoms with Crippen molar-refractivity contribution < 1.29 is 19.4 Å². The van der Waals surface area contributed by atoms with Crippen molar-refractivity contribution in [2.45, 2.75) is 25.2 Å². The molecule has 2 N–H and O–H groups in total. The topological polar surface area (TPSA) is 93.4 Å². The van der Waals surface area contributed by atoms with Gasteiger partial charge in [-0.15, -0.1) is 0 Å². The van der Waals surface area contributed by atoms with Gasteiger partial charge in [-0.3, -0.25) is 4.79 Å². The standard InChI is InChI=1S/C22H23N3O4S/c1-15-3-5-16(6-4-15)11-25-12-19(13-26)24-22(25)30-14-20(27)23-18-9-7-17(8-10-18)21(28)29-2/h3-10,12,26H,11,13-14H2,1-2H3,(H,23,27). The maximum absolute atomic E-state index is 12.3. The van der Waals surface area contributed by atoms with Crippen LogP contribution in [0, 0.1) is 6.92 Å². The van der Waals surface area contributed by atoms with Gasteiger partial charge in [0.15, 0.2) is 5.16 Å². The van der Waals surface area contributed by atoms with E-state index in [4.69, 9.17) is 0 Å². The number of benzene rings is 2. The molecule has 0 atom stereocenters. The van der Waals surface area contributed by atoms with Crippen molar-refractivity contribution in [2.24, 2.45) is 0 Å². The Hall–Kier alpha value is -3.10. The highest BCUT2D eigenvalue weighted by Crippen LogP contribution is 2.20. The molecule has 0 aliphatic heterocycles. The van der Waals surface area contributed by atoms with Crippen molar-refractivity contribution in [2.75, 3.05) is 18.2 Å². The lowest BCUT2D eigenvalue weighted by molar-refractivity contribution is -0.113. The quantitative estimate of drug-likeness (QED) is 0.425. The summed E-state index contributed by atoms with van der Waals surface area (Å²) in [5.41, 5.74) is 3.86. The second kappa shape index (κ2) is 10.1. The van der Waals surface area contributed by atoms with E-state index in [1.165, 1.54) is 24.4 Å². The molecule has 156 valence electrons. The smallest absolute Gasteiger partial charge is 0.337 e. The van der Waals surface area contributed by atoms with E-state index < -0.39 is 5.97 Å². The number of anilines is 1. The van der Waals surface area contributed by atoms with Crippen molar-refractivity contribution in [1.82, 2.24) is 9.55 Å². The zero-order valence-corrected chi connectivity index (χ0v) is 17.6. The van der Waals surface area contributed by atoms with E-state index in [1.807, 2.05) is 35.8 Å². The van der Waals surface area contributed by atoms with E-state index in [1.54, 1.807) is 30.5 Å². The minimum atomic E-state index is -0.427. The number of aliphatic hydroxyl groups excluding tert-OH is 1. The van der Waals surface area contributed by atoms with Gasteiger partial charge >= 0.3 is 5.97 Å². The summed E-state index contributed by atoms with van der Waals surface area (Å²) in [6, 6.07) is 14.7. The first kappa shape index (κ1) is 21.6. The molecule has 3 rings (SSSR count). The number of methoxy groups -OCH3 is 1. The summed E-state index contributed by atoms with van der Waals surface area (Å²) in [4.78, 5) is 28.2. The maximum Gasteiger partial charge on any atom is 0.337 e. The van der Waals surface area contributed by atoms with Gasteiger partial charge in [-0.2, -0.15) is 0 Å². The molecule has 0 saturated carbocycles. The highest BCUT2D eigenvalue weighted by molar-refractivity contribution is 7.99. The Labute approximate surface area is 179 Å². The maximum atomic E-state index is 12.3. The van der Waals surface area contributed by atoms with Crippen LogP contribution in [0.1, 0.15) is 27.2 Å². The van der Waals surface area contributed by atoms with Crippen molar-refractivity contribution in [3.05, 3.63) is 77.1 Å². The predicted octanol–water partition coefficient (Wildman–Crippen LogP) is 3.25. The largest absolute Gasteiger partial charge is 0.465 e. The summed E-state index contributed by atoms with van der Waals surface area (Å²) >= 11 is 1.30. The van der Waals surface area contributed by atoms with Crippen molar-refractivity contribution >= 4 is 29.3 Å². The van der Waals surface area contributed by atoms with Crippen LogP contribution in [0.2, 0.25) is 0 Å². The summed E-state index contributed by atoms with van der Waals surface area (Å²) in [5.74, 6) is -0.459. The third kappa shape index (κ3) is 5.71. The number of hydrogen-bond acceptors (Lipinski definition) is 6. The second-order valence-electron chi connectivity index (χ2n) is 6.69. The van der Waals surface area contributed by atoms with Crippen LogP contribution >= 0.6 is 11.8 Å². The van der Waals surface area contributed by atoms with Gasteiger partial charge in [0, 0.05) is 18.4 Å². The Kier molecular flexibility index (Phi) is 7.26. The second-order valence-corrected chi connectivity index (χ2v) is 7.63. The fourth-order valence-corrected chi connectivity index (χ4v) is 3.58. The fraction of sp³-hybridized carbons (Fsp3) is 0.227. The van der Waals surface area contributed by atoms with E-state index in [0.29, 0.717) is 28.6 Å². The molecule has 1 heterocycles. The van der Waals surface area contributed by atoms with Gasteiger partial charge in [-0.1, -0.05) is 41.6 Å². The molecule has 0 spiro atoms. The lowest BCUT2D eigenvalue weighted by atomic mass is 10.1. The number of thioether (sulfide) groups is 1. The first-order valence-corrected chi connectivity index (χ1v) is 10.3. The third-order valence-electron chi connectivity index (χ3n) is 4.35. The number of aromatic nitrogens is 2. The molecular formula is C22H23N3O4S. The van der Waals surface area contributed by atoms with Gasteiger partial charge in [0.2, 0.25) is 5.91 Å². The molecular weight excluding hydrogens is 402 g/mol. The summed E-state index contributed by atoms with van der Waals surface area (Å²) < 4.78 is 6.59. The number of imidazole rings is 1. The summed E-state index contributed by atoms with van der Waals surface area (Å²) in [6.07, 6.45) is 1.80. The van der Waals surface area contributed by atoms with Crippen LogP contribution in [0.5, 0.6) is 0 Å². The highest BCUT2D eigenvalue weighted by atomic mass is 32.2. The number of amides is 1. The monoisotopic (exact) mass is 425 g/mol. The van der Waals surface area contributed by atoms with Gasteiger partial charge in [0.1, 0.15) is 0 Å². The average molecular weight is 426 g/mol. The summed E-state index contributed by atoms with van der Waals surface area (Å²) in [5, 5.41) is 12.9. The number of rotatable bonds is 8. The van der Waals surface area contributed by atoms with E-state index in [-0.39, 0.29) is 18.3 Å². The normalized spacial score (nSPS) is 10.6. The van der Waals surface area contributed by atoms with Crippen LogP contribution in [0.15, 0.2) is 59.9 Å². The summed E-state index contributed by atoms with van der Waals surface area (Å²) in [7, 11) is 1.32. The molecule has 1 amide bonds. The number of aliphatic hydroxyl groups is 1. The van der Waals surface area contributed by atoms with Crippen molar-refractivity contribution in [1.29, 1.82) is 0 Å². The molecule has 0 unspecified atom stereocenters. The van der Waals surface area contributed by atoms with Gasteiger partial charge in [0.05, 0.1) is 30.7 Å². The molecule has 0 radical (unpaired) electrons. The molecule has 0 aliphatic carbocycles. The number of nitrogens with one attached hydrogen (secondary N) is 1. The molecule has 8 heteroatoms. The lowest BCUT2D eigenvalue weighted by Gasteiger charge is -2.09. The first-order chi connectivity index (χ1) is 14.5. The predicted molar refractivity (Wildman–Crippen MR) is 116 cm³/mol. The first-order valence-electron chi connectivity index (χ1n) is 9.32. The van der Waals surface area contributed by atoms with Crippen LogP contribution in [-0.2, 0) is 22.7 Å². The number of nitrogens with zero attached hydrogens (tertiary/aromatic N) is 2. The van der Waals surface area contributed by atoms with Crippen molar-refractivity contribution in [3.8, 4) is 0 Å². The third-order valence-corrected chi connectivity index (χ3v) is 5.34. The van der Waals surface area contributed by atoms with Gasteiger partial charge in [-0.25, -0.2) is 9.78 Å². The van der Waals surface area contributed by atoms with E-state index in [9.17, 15) is 14.7 Å². The minimum Gasteiger partial charge on any atom is -0.465 e. The Bertz CT molecular complexity index is 1010. The molecule has 3 aromatic rings. The van der Waals surface area contributed by atoms with Crippen molar-refractivity contribution in [3.63, 3.8) is 0 Å². The number of carbonyl (C=O) groups excluding carboxylic acids is 2. The van der Waals surface area contributed by atoms with Crippen LogP contribution < -0.4 is 5.32 Å². The minimum absolute atomic E-state index is 0.160. The molecule has 0 aliphatic rings. The number of aryl methyl sites for hydroxylation is 1. The Balaban J connectivity index is 1.61. The van der Waals surface area contributed by atoms with E-state index >= 15 is 0 Å². The Morgan fingerprint density at radius 1 is 1.13 bits per heavy atom. The van der Waals surface area contributed by atoms with Crippen LogP contribution in [0.3, 0.4) is 0 Å². The van der Waals surface area contributed by atoms with Gasteiger partial charge in [-0.05, 0) is 36.8 Å². The molecule has 7 nitrogen and oxygen atoms in total. The molecule has 2 aromatic carbocycles. The number of hydrogen-bond donors (Lipinski definition) is 2. The fourth-order valence-electron chi connectivity index (χ4n) is 2.78. The average Bonchev–Trinajstić information content (AvgIpc) is 3.15.